The highest BCUT2D eigenvalue weighted by Crippen LogP contribution is 2.20. The Balaban J connectivity index is 1.38. The highest BCUT2D eigenvalue weighted by molar-refractivity contribution is 5.78. The van der Waals surface area contributed by atoms with Crippen molar-refractivity contribution < 1.29 is 18.7 Å². The number of carbonyl (C=O) groups excluding carboxylic acids is 1. The summed E-state index contributed by atoms with van der Waals surface area (Å²) in [6.45, 7) is 3.77. The quantitative estimate of drug-likeness (QED) is 0.631. The van der Waals surface area contributed by atoms with Crippen LogP contribution in [0.15, 0.2) is 71.3 Å². The van der Waals surface area contributed by atoms with E-state index in [1.807, 2.05) is 34.1 Å². The average molecular weight is 423 g/mol. The van der Waals surface area contributed by atoms with Gasteiger partial charge in [-0.1, -0.05) is 18.2 Å². The molecule has 0 unspecified atom stereocenters. The van der Waals surface area contributed by atoms with Gasteiger partial charge in [-0.2, -0.15) is 0 Å². The van der Waals surface area contributed by atoms with Crippen LogP contribution in [0, 0.1) is 5.82 Å². The molecule has 1 aliphatic heterocycles. The molecule has 1 N–H and O–H groups in total. The third kappa shape index (κ3) is 5.44. The lowest BCUT2D eigenvalue weighted by atomic mass is 10.2. The predicted octanol–water partition coefficient (Wildman–Crippen LogP) is 3.48. The highest BCUT2D eigenvalue weighted by Gasteiger charge is 2.24. The molecule has 0 saturated carbocycles. The van der Waals surface area contributed by atoms with Crippen LogP contribution in [0.5, 0.6) is 5.75 Å². The number of phenols is 1. The van der Waals surface area contributed by atoms with Gasteiger partial charge in [-0.15, -0.1) is 0 Å². The summed E-state index contributed by atoms with van der Waals surface area (Å²) in [5, 5.41) is 10.1. The number of furan rings is 1. The molecule has 0 aliphatic carbocycles. The number of para-hydroxylation sites is 1. The number of carbonyl (C=O) groups is 1. The monoisotopic (exact) mass is 423 g/mol. The minimum Gasteiger partial charge on any atom is -0.508 e. The lowest BCUT2D eigenvalue weighted by molar-refractivity contribution is -0.133. The van der Waals surface area contributed by atoms with Crippen molar-refractivity contribution >= 4 is 11.6 Å². The Morgan fingerprint density at radius 3 is 2.39 bits per heavy atom. The van der Waals surface area contributed by atoms with Gasteiger partial charge in [0.15, 0.2) is 0 Å². The van der Waals surface area contributed by atoms with E-state index in [1.54, 1.807) is 30.5 Å². The highest BCUT2D eigenvalue weighted by atomic mass is 19.1. The van der Waals surface area contributed by atoms with E-state index in [0.29, 0.717) is 39.3 Å². The number of aromatic hydroxyl groups is 1. The zero-order valence-corrected chi connectivity index (χ0v) is 17.3. The molecule has 0 atom stereocenters. The third-order valence-corrected chi connectivity index (χ3v) is 5.53. The molecule has 7 heteroatoms. The van der Waals surface area contributed by atoms with Crippen molar-refractivity contribution in [2.24, 2.45) is 0 Å². The first-order valence-corrected chi connectivity index (χ1v) is 10.4. The lowest BCUT2D eigenvalue weighted by Crippen LogP contribution is -2.51. The van der Waals surface area contributed by atoms with Gasteiger partial charge in [0.1, 0.15) is 17.3 Å². The molecule has 31 heavy (non-hydrogen) atoms. The number of nitrogens with zero attached hydrogens (tertiary/aromatic N) is 3. The molecule has 4 rings (SSSR count). The van der Waals surface area contributed by atoms with Crippen molar-refractivity contribution in [3.63, 3.8) is 0 Å². The van der Waals surface area contributed by atoms with E-state index in [2.05, 4.69) is 4.90 Å². The number of rotatable bonds is 7. The normalized spacial score (nSPS) is 14.3. The van der Waals surface area contributed by atoms with Crippen LogP contribution in [0.2, 0.25) is 0 Å². The van der Waals surface area contributed by atoms with Crippen LogP contribution in [0.3, 0.4) is 0 Å². The molecule has 162 valence electrons. The second kappa shape index (κ2) is 9.66. The maximum absolute atomic E-state index is 13.2. The van der Waals surface area contributed by atoms with E-state index in [0.717, 1.165) is 17.0 Å². The van der Waals surface area contributed by atoms with Crippen molar-refractivity contribution in [2.75, 3.05) is 37.6 Å². The number of hydrogen-bond donors (Lipinski definition) is 1. The second-order valence-electron chi connectivity index (χ2n) is 7.70. The van der Waals surface area contributed by atoms with Gasteiger partial charge >= 0.3 is 0 Å². The molecule has 1 fully saturated rings. The summed E-state index contributed by atoms with van der Waals surface area (Å²) in [6, 6.07) is 17.3. The van der Waals surface area contributed by atoms with Gasteiger partial charge in [0.2, 0.25) is 5.91 Å². The Labute approximate surface area is 181 Å². The third-order valence-electron chi connectivity index (χ3n) is 5.53. The number of hydrogen-bond acceptors (Lipinski definition) is 5. The standard InChI is InChI=1S/C24H26FN3O3/c25-20-7-9-21(10-8-20)27-11-13-28(14-12-27)24(30)18-26(17-22-5-3-15-31-22)16-19-4-1-2-6-23(19)29/h1-10,15,29H,11-14,16-18H2. The molecule has 1 aliphatic rings. The van der Waals surface area contributed by atoms with Crippen LogP contribution in [0.4, 0.5) is 10.1 Å². The molecule has 6 nitrogen and oxygen atoms in total. The number of amides is 1. The Morgan fingerprint density at radius 2 is 1.71 bits per heavy atom. The van der Waals surface area contributed by atoms with E-state index in [-0.39, 0.29) is 24.0 Å². The van der Waals surface area contributed by atoms with Crippen LogP contribution >= 0.6 is 0 Å². The smallest absolute Gasteiger partial charge is 0.236 e. The molecule has 1 saturated heterocycles. The Kier molecular flexibility index (Phi) is 6.52. The number of anilines is 1. The molecule has 0 spiro atoms. The minimum absolute atomic E-state index is 0.0423. The van der Waals surface area contributed by atoms with E-state index in [9.17, 15) is 14.3 Å². The zero-order valence-electron chi connectivity index (χ0n) is 17.3. The van der Waals surface area contributed by atoms with Crippen molar-refractivity contribution in [3.8, 4) is 5.75 Å². The maximum Gasteiger partial charge on any atom is 0.236 e. The molecular weight excluding hydrogens is 397 g/mol. The predicted molar refractivity (Wildman–Crippen MR) is 116 cm³/mol. The molecule has 0 radical (unpaired) electrons. The first-order chi connectivity index (χ1) is 15.1. The van der Waals surface area contributed by atoms with Gasteiger partial charge in [0, 0.05) is 44.0 Å². The molecule has 1 aromatic heterocycles. The van der Waals surface area contributed by atoms with Crippen LogP contribution in [-0.2, 0) is 17.9 Å². The van der Waals surface area contributed by atoms with Crippen molar-refractivity contribution in [3.05, 3.63) is 84.1 Å². The van der Waals surface area contributed by atoms with Crippen LogP contribution in [-0.4, -0.2) is 53.5 Å². The largest absolute Gasteiger partial charge is 0.508 e. The summed E-state index contributed by atoms with van der Waals surface area (Å²) in [5.74, 6) is 0.774. The Morgan fingerprint density at radius 1 is 0.968 bits per heavy atom. The summed E-state index contributed by atoms with van der Waals surface area (Å²) >= 11 is 0. The molecule has 2 heterocycles. The van der Waals surface area contributed by atoms with Gasteiger partial charge in [-0.3, -0.25) is 9.69 Å². The van der Waals surface area contributed by atoms with Crippen LogP contribution < -0.4 is 4.90 Å². The van der Waals surface area contributed by atoms with Gasteiger partial charge < -0.3 is 19.3 Å². The van der Waals surface area contributed by atoms with Crippen LogP contribution in [0.1, 0.15) is 11.3 Å². The van der Waals surface area contributed by atoms with E-state index < -0.39 is 0 Å². The van der Waals surface area contributed by atoms with E-state index in [4.69, 9.17) is 4.42 Å². The second-order valence-corrected chi connectivity index (χ2v) is 7.70. The summed E-state index contributed by atoms with van der Waals surface area (Å²) < 4.78 is 18.6. The average Bonchev–Trinajstić information content (AvgIpc) is 3.29. The maximum atomic E-state index is 13.2. The van der Waals surface area contributed by atoms with Crippen molar-refractivity contribution in [1.29, 1.82) is 0 Å². The fourth-order valence-corrected chi connectivity index (χ4v) is 3.83. The number of halogens is 1. The number of piperazine rings is 1. The number of benzene rings is 2. The summed E-state index contributed by atoms with van der Waals surface area (Å²) in [4.78, 5) is 19.0. The Hall–Kier alpha value is -3.32. The summed E-state index contributed by atoms with van der Waals surface area (Å²) in [6.07, 6.45) is 1.62. The number of phenolic OH excluding ortho intramolecular Hbond substituents is 1. The molecule has 2 aromatic carbocycles. The van der Waals surface area contributed by atoms with Gasteiger partial charge in [-0.25, -0.2) is 4.39 Å². The van der Waals surface area contributed by atoms with E-state index >= 15 is 0 Å². The van der Waals surface area contributed by atoms with Crippen LogP contribution in [0.25, 0.3) is 0 Å². The molecular formula is C24H26FN3O3. The van der Waals surface area contributed by atoms with Gasteiger partial charge in [-0.05, 0) is 42.5 Å². The zero-order chi connectivity index (χ0) is 21.6. The molecule has 1 amide bonds. The lowest BCUT2D eigenvalue weighted by Gasteiger charge is -2.37. The van der Waals surface area contributed by atoms with Gasteiger partial charge in [0.05, 0.1) is 19.4 Å². The van der Waals surface area contributed by atoms with Crippen molar-refractivity contribution in [2.45, 2.75) is 13.1 Å². The fraction of sp³-hybridized carbons (Fsp3) is 0.292. The molecule has 3 aromatic rings. The molecule has 0 bridgehead atoms. The SMILES string of the molecule is O=C(CN(Cc1ccco1)Cc1ccccc1O)N1CCN(c2ccc(F)cc2)CC1. The topological polar surface area (TPSA) is 60.2 Å². The van der Waals surface area contributed by atoms with E-state index in [1.165, 1.54) is 12.1 Å². The first kappa shape index (κ1) is 20.9. The fourth-order valence-electron chi connectivity index (χ4n) is 3.83. The van der Waals surface area contributed by atoms with Gasteiger partial charge in [0.25, 0.3) is 0 Å². The summed E-state index contributed by atoms with van der Waals surface area (Å²) in [5.41, 5.74) is 1.73. The summed E-state index contributed by atoms with van der Waals surface area (Å²) in [7, 11) is 0. The van der Waals surface area contributed by atoms with Crippen molar-refractivity contribution in [1.82, 2.24) is 9.80 Å². The first-order valence-electron chi connectivity index (χ1n) is 10.4. The minimum atomic E-state index is -0.251. The Bertz CT molecular complexity index is 984.